The molecule has 0 spiro atoms. The van der Waals surface area contributed by atoms with Crippen LogP contribution >= 0.6 is 0 Å². The lowest BCUT2D eigenvalue weighted by atomic mass is 9.69. The predicted molar refractivity (Wildman–Crippen MR) is 128 cm³/mol. The Kier molecular flexibility index (Phi) is 6.59. The Bertz CT molecular complexity index is 1110. The molecule has 1 fully saturated rings. The largest absolute Gasteiger partial charge is 0.370 e. The number of nitrogens with zero attached hydrogens (tertiary/aromatic N) is 1. The summed E-state index contributed by atoms with van der Waals surface area (Å²) in [6, 6.07) is 24.4. The Hall–Kier alpha value is -3.47. The van der Waals surface area contributed by atoms with Gasteiger partial charge < -0.3 is 10.6 Å². The maximum absolute atomic E-state index is 13.3. The minimum Gasteiger partial charge on any atom is -0.370 e. The van der Waals surface area contributed by atoms with Crippen molar-refractivity contribution >= 4 is 11.8 Å². The first-order valence-electron chi connectivity index (χ1n) is 11.4. The van der Waals surface area contributed by atoms with Gasteiger partial charge in [0.05, 0.1) is 6.04 Å². The van der Waals surface area contributed by atoms with Crippen LogP contribution in [-0.4, -0.2) is 23.3 Å². The van der Waals surface area contributed by atoms with Crippen molar-refractivity contribution in [1.82, 2.24) is 4.90 Å². The number of benzene rings is 3. The van der Waals surface area contributed by atoms with Crippen LogP contribution in [0.25, 0.3) is 11.1 Å². The molecule has 0 saturated carbocycles. The van der Waals surface area contributed by atoms with Crippen LogP contribution < -0.4 is 5.73 Å². The van der Waals surface area contributed by atoms with Crippen LogP contribution in [0, 0.1) is 5.82 Å². The maximum atomic E-state index is 13.3. The molecule has 33 heavy (non-hydrogen) atoms. The van der Waals surface area contributed by atoms with Crippen LogP contribution in [0.2, 0.25) is 0 Å². The van der Waals surface area contributed by atoms with E-state index in [9.17, 15) is 14.0 Å². The molecule has 4 rings (SSSR count). The van der Waals surface area contributed by atoms with E-state index >= 15 is 0 Å². The van der Waals surface area contributed by atoms with Gasteiger partial charge >= 0.3 is 0 Å². The van der Waals surface area contributed by atoms with Gasteiger partial charge in [0.2, 0.25) is 11.8 Å². The summed E-state index contributed by atoms with van der Waals surface area (Å²) in [6.07, 6.45) is 1.99. The van der Waals surface area contributed by atoms with E-state index in [2.05, 4.69) is 0 Å². The van der Waals surface area contributed by atoms with Gasteiger partial charge in [0, 0.05) is 24.8 Å². The first-order chi connectivity index (χ1) is 15.9. The predicted octanol–water partition coefficient (Wildman–Crippen LogP) is 5.38. The highest BCUT2D eigenvalue weighted by molar-refractivity contribution is 5.80. The molecule has 0 radical (unpaired) electrons. The number of nitrogens with two attached hydrogens (primary N) is 1. The number of halogens is 1. The molecule has 1 saturated heterocycles. The van der Waals surface area contributed by atoms with Crippen LogP contribution in [0.1, 0.15) is 49.8 Å². The number of likely N-dealkylation sites (tertiary alicyclic amines) is 1. The minimum absolute atomic E-state index is 0.0651. The highest BCUT2D eigenvalue weighted by Gasteiger charge is 2.41. The van der Waals surface area contributed by atoms with Crippen molar-refractivity contribution in [2.24, 2.45) is 5.73 Å². The third kappa shape index (κ3) is 4.98. The summed E-state index contributed by atoms with van der Waals surface area (Å²) < 4.78 is 13.2. The molecular weight excluding hydrogens is 415 g/mol. The quantitative estimate of drug-likeness (QED) is 0.532. The second-order valence-corrected chi connectivity index (χ2v) is 8.93. The molecule has 1 heterocycles. The third-order valence-corrected chi connectivity index (χ3v) is 6.92. The topological polar surface area (TPSA) is 63.4 Å². The highest BCUT2D eigenvalue weighted by Crippen LogP contribution is 2.42. The Labute approximate surface area is 194 Å². The molecule has 3 aromatic rings. The van der Waals surface area contributed by atoms with Crippen molar-refractivity contribution < 1.29 is 14.0 Å². The van der Waals surface area contributed by atoms with Crippen molar-refractivity contribution in [2.75, 3.05) is 6.54 Å². The molecule has 2 amide bonds. The zero-order valence-electron chi connectivity index (χ0n) is 18.8. The molecule has 3 aromatic carbocycles. The van der Waals surface area contributed by atoms with Crippen molar-refractivity contribution in [1.29, 1.82) is 0 Å². The molecule has 5 heteroatoms. The molecule has 4 nitrogen and oxygen atoms in total. The van der Waals surface area contributed by atoms with Gasteiger partial charge in [-0.3, -0.25) is 9.59 Å². The van der Waals surface area contributed by atoms with E-state index in [-0.39, 0.29) is 35.5 Å². The van der Waals surface area contributed by atoms with Crippen LogP contribution in [0.5, 0.6) is 0 Å². The number of piperidine rings is 1. The van der Waals surface area contributed by atoms with E-state index in [4.69, 9.17) is 5.73 Å². The molecule has 0 unspecified atom stereocenters. The zero-order chi connectivity index (χ0) is 23.4. The van der Waals surface area contributed by atoms with Gasteiger partial charge in [-0.2, -0.15) is 0 Å². The fraction of sp³-hybridized carbons (Fsp3) is 0.286. The van der Waals surface area contributed by atoms with Crippen LogP contribution in [-0.2, 0) is 15.0 Å². The normalized spacial score (nSPS) is 19.3. The van der Waals surface area contributed by atoms with Gasteiger partial charge in [-0.1, -0.05) is 66.7 Å². The van der Waals surface area contributed by atoms with Crippen LogP contribution in [0.4, 0.5) is 4.39 Å². The first kappa shape index (κ1) is 22.7. The Morgan fingerprint density at radius 2 is 1.61 bits per heavy atom. The minimum atomic E-state index is -0.365. The zero-order valence-corrected chi connectivity index (χ0v) is 18.8. The molecule has 0 bridgehead atoms. The van der Waals surface area contributed by atoms with Crippen molar-refractivity contribution in [3.63, 3.8) is 0 Å². The van der Waals surface area contributed by atoms with Crippen molar-refractivity contribution in [3.05, 3.63) is 95.8 Å². The second-order valence-electron chi connectivity index (χ2n) is 8.93. The SMILES string of the molecule is C[C@@H](c1ccc(-c2ccc(F)cc2)cc1)N1CC[C@@](CCC(N)=O)(c2ccccc2)CC1=O. The second kappa shape index (κ2) is 9.57. The van der Waals surface area contributed by atoms with E-state index in [1.54, 1.807) is 12.1 Å². The van der Waals surface area contributed by atoms with E-state index in [1.807, 2.05) is 66.4 Å². The molecule has 2 N–H and O–H groups in total. The fourth-order valence-electron chi connectivity index (χ4n) is 4.88. The van der Waals surface area contributed by atoms with Crippen molar-refractivity contribution in [3.8, 4) is 11.1 Å². The average molecular weight is 445 g/mol. The van der Waals surface area contributed by atoms with E-state index in [0.29, 0.717) is 19.4 Å². The third-order valence-electron chi connectivity index (χ3n) is 6.92. The van der Waals surface area contributed by atoms with Crippen LogP contribution in [0.15, 0.2) is 78.9 Å². The molecule has 1 aliphatic heterocycles. The molecular formula is C28H29FN2O2. The van der Waals surface area contributed by atoms with Crippen LogP contribution in [0.3, 0.4) is 0 Å². The summed E-state index contributed by atoms with van der Waals surface area (Å²) >= 11 is 0. The van der Waals surface area contributed by atoms with Gasteiger partial charge in [0.15, 0.2) is 0 Å². The smallest absolute Gasteiger partial charge is 0.223 e. The number of hydrogen-bond acceptors (Lipinski definition) is 2. The fourth-order valence-corrected chi connectivity index (χ4v) is 4.88. The number of hydrogen-bond donors (Lipinski definition) is 1. The molecule has 170 valence electrons. The molecule has 0 aliphatic carbocycles. The van der Waals surface area contributed by atoms with Gasteiger partial charge in [0.1, 0.15) is 5.82 Å². The lowest BCUT2D eigenvalue weighted by Gasteiger charge is -2.44. The van der Waals surface area contributed by atoms with Crippen molar-refractivity contribution in [2.45, 2.75) is 44.1 Å². The highest BCUT2D eigenvalue weighted by atomic mass is 19.1. The molecule has 1 aliphatic rings. The molecule has 0 aromatic heterocycles. The number of carbonyl (C=O) groups excluding carboxylic acids is 2. The average Bonchev–Trinajstić information content (AvgIpc) is 2.83. The summed E-state index contributed by atoms with van der Waals surface area (Å²) in [6.45, 7) is 2.66. The lowest BCUT2D eigenvalue weighted by molar-refractivity contribution is -0.139. The van der Waals surface area contributed by atoms with E-state index in [0.717, 1.165) is 28.7 Å². The number of amides is 2. The Morgan fingerprint density at radius 1 is 1.00 bits per heavy atom. The van der Waals surface area contributed by atoms with Gasteiger partial charge in [-0.25, -0.2) is 4.39 Å². The Balaban J connectivity index is 1.51. The standard InChI is InChI=1S/C28H29FN2O2/c1-20(21-7-9-22(10-8-21)23-11-13-25(29)14-12-23)31-18-17-28(19-27(31)33,16-15-26(30)32)24-5-3-2-4-6-24/h2-14,20H,15-19H2,1H3,(H2,30,32)/t20-,28+/m0/s1. The number of carbonyl (C=O) groups is 2. The summed E-state index contributed by atoms with van der Waals surface area (Å²) in [5, 5.41) is 0. The van der Waals surface area contributed by atoms with E-state index in [1.165, 1.54) is 12.1 Å². The summed E-state index contributed by atoms with van der Waals surface area (Å²) in [4.78, 5) is 26.8. The Morgan fingerprint density at radius 3 is 2.18 bits per heavy atom. The van der Waals surface area contributed by atoms with Gasteiger partial charge in [0.25, 0.3) is 0 Å². The number of primary amides is 1. The number of rotatable bonds is 7. The summed E-state index contributed by atoms with van der Waals surface area (Å²) in [7, 11) is 0. The lowest BCUT2D eigenvalue weighted by Crippen LogP contribution is -2.47. The maximum Gasteiger partial charge on any atom is 0.223 e. The van der Waals surface area contributed by atoms with Gasteiger partial charge in [-0.15, -0.1) is 0 Å². The van der Waals surface area contributed by atoms with E-state index < -0.39 is 0 Å². The molecule has 2 atom stereocenters. The first-order valence-corrected chi connectivity index (χ1v) is 11.4. The van der Waals surface area contributed by atoms with Gasteiger partial charge in [-0.05, 0) is 54.2 Å². The monoisotopic (exact) mass is 444 g/mol. The summed E-state index contributed by atoms with van der Waals surface area (Å²) in [5.41, 5.74) is 9.18. The summed E-state index contributed by atoms with van der Waals surface area (Å²) in [5.74, 6) is -0.505.